The Bertz CT molecular complexity index is 301. The monoisotopic (exact) mass is 206 g/mol. The zero-order valence-electron chi connectivity index (χ0n) is 9.13. The quantitative estimate of drug-likeness (QED) is 0.749. The predicted octanol–water partition coefficient (Wildman–Crippen LogP) is 0.161. The predicted molar refractivity (Wildman–Crippen MR) is 61.9 cm³/mol. The fraction of sp³-hybridized carbons (Fsp3) is 0.545. The molecule has 0 amide bonds. The molecule has 0 saturated carbocycles. The van der Waals surface area contributed by atoms with Crippen LogP contribution < -0.4 is 10.6 Å². The summed E-state index contributed by atoms with van der Waals surface area (Å²) in [5.41, 5.74) is 7.04. The highest BCUT2D eigenvalue weighted by Gasteiger charge is 2.23. The van der Waals surface area contributed by atoms with Crippen LogP contribution in [0.15, 0.2) is 24.5 Å². The number of hydrogen-bond acceptors (Lipinski definition) is 4. The molecule has 1 atom stereocenters. The Morgan fingerprint density at radius 3 is 2.80 bits per heavy atom. The fourth-order valence-electron chi connectivity index (χ4n) is 2.09. The number of nitrogens with two attached hydrogens (primary N) is 1. The van der Waals surface area contributed by atoms with Crippen molar-refractivity contribution in [3.63, 3.8) is 0 Å². The molecule has 2 heterocycles. The van der Waals surface area contributed by atoms with Crippen LogP contribution >= 0.6 is 0 Å². The van der Waals surface area contributed by atoms with Gasteiger partial charge >= 0.3 is 0 Å². The van der Waals surface area contributed by atoms with Gasteiger partial charge < -0.3 is 15.5 Å². The number of likely N-dealkylation sites (N-methyl/N-ethyl adjacent to an activating group) is 1. The molecule has 1 unspecified atom stereocenters. The van der Waals surface area contributed by atoms with Gasteiger partial charge in [0.2, 0.25) is 0 Å². The van der Waals surface area contributed by atoms with Crippen molar-refractivity contribution in [3.8, 4) is 0 Å². The van der Waals surface area contributed by atoms with Gasteiger partial charge in [0.25, 0.3) is 0 Å². The van der Waals surface area contributed by atoms with Gasteiger partial charge in [-0.2, -0.15) is 0 Å². The summed E-state index contributed by atoms with van der Waals surface area (Å²) in [4.78, 5) is 8.74. The first kappa shape index (κ1) is 10.4. The van der Waals surface area contributed by atoms with E-state index in [-0.39, 0.29) is 0 Å². The normalized spacial score (nSPS) is 23.1. The third kappa shape index (κ3) is 2.27. The molecule has 82 valence electrons. The maximum atomic E-state index is 5.81. The van der Waals surface area contributed by atoms with Crippen LogP contribution in [0.2, 0.25) is 0 Å². The molecule has 1 aromatic rings. The van der Waals surface area contributed by atoms with Crippen LogP contribution in [0, 0.1) is 0 Å². The number of piperazine rings is 1. The number of pyridine rings is 1. The van der Waals surface area contributed by atoms with E-state index < -0.39 is 0 Å². The minimum Gasteiger partial charge on any atom is -0.365 e. The molecule has 0 bridgehead atoms. The molecular formula is C11H18N4. The van der Waals surface area contributed by atoms with E-state index in [1.165, 1.54) is 5.69 Å². The van der Waals surface area contributed by atoms with E-state index in [0.717, 1.165) is 19.6 Å². The number of nitrogens with zero attached hydrogens (tertiary/aromatic N) is 3. The lowest BCUT2D eigenvalue weighted by Gasteiger charge is -2.41. The Morgan fingerprint density at radius 2 is 2.13 bits per heavy atom. The maximum Gasteiger partial charge on any atom is 0.0539 e. The molecule has 1 aromatic heterocycles. The van der Waals surface area contributed by atoms with Gasteiger partial charge in [-0.25, -0.2) is 0 Å². The van der Waals surface area contributed by atoms with E-state index in [1.807, 2.05) is 24.5 Å². The van der Waals surface area contributed by atoms with Gasteiger partial charge in [-0.05, 0) is 19.2 Å². The van der Waals surface area contributed by atoms with Crippen molar-refractivity contribution in [2.24, 2.45) is 5.73 Å². The number of hydrogen-bond donors (Lipinski definition) is 1. The third-order valence-corrected chi connectivity index (χ3v) is 2.95. The van der Waals surface area contributed by atoms with Crippen LogP contribution in [0.3, 0.4) is 0 Å². The lowest BCUT2D eigenvalue weighted by molar-refractivity contribution is 0.270. The van der Waals surface area contributed by atoms with E-state index in [4.69, 9.17) is 5.73 Å². The maximum absolute atomic E-state index is 5.81. The van der Waals surface area contributed by atoms with Crippen LogP contribution in [-0.2, 0) is 0 Å². The molecule has 0 aromatic carbocycles. The Balaban J connectivity index is 2.14. The average Bonchev–Trinajstić information content (AvgIpc) is 2.30. The van der Waals surface area contributed by atoms with Crippen molar-refractivity contribution in [2.45, 2.75) is 6.04 Å². The first-order chi connectivity index (χ1) is 7.31. The zero-order valence-corrected chi connectivity index (χ0v) is 9.13. The van der Waals surface area contributed by atoms with Crippen molar-refractivity contribution in [3.05, 3.63) is 24.5 Å². The number of anilines is 1. The summed E-state index contributed by atoms with van der Waals surface area (Å²) in [6.45, 7) is 3.88. The molecule has 0 radical (unpaired) electrons. The van der Waals surface area contributed by atoms with Gasteiger partial charge in [0.15, 0.2) is 0 Å². The van der Waals surface area contributed by atoms with E-state index in [1.54, 1.807) is 0 Å². The summed E-state index contributed by atoms with van der Waals surface area (Å²) in [5.74, 6) is 0. The molecule has 15 heavy (non-hydrogen) atoms. The first-order valence-electron chi connectivity index (χ1n) is 5.36. The standard InChI is InChI=1S/C11H18N4/c1-14-6-7-15(11(8-12)9-14)10-2-4-13-5-3-10/h2-5,11H,6-9,12H2,1H3. The minimum atomic E-state index is 0.422. The summed E-state index contributed by atoms with van der Waals surface area (Å²) in [6, 6.07) is 4.52. The molecule has 4 nitrogen and oxygen atoms in total. The van der Waals surface area contributed by atoms with Gasteiger partial charge in [0.05, 0.1) is 6.04 Å². The average molecular weight is 206 g/mol. The molecule has 1 saturated heterocycles. The Morgan fingerprint density at radius 1 is 1.40 bits per heavy atom. The summed E-state index contributed by atoms with van der Waals surface area (Å²) in [6.07, 6.45) is 3.67. The largest absolute Gasteiger partial charge is 0.365 e. The summed E-state index contributed by atoms with van der Waals surface area (Å²) in [7, 11) is 2.15. The van der Waals surface area contributed by atoms with Gasteiger partial charge in [0.1, 0.15) is 0 Å². The molecule has 1 aliphatic rings. The van der Waals surface area contributed by atoms with Crippen molar-refractivity contribution in [1.29, 1.82) is 0 Å². The molecule has 0 spiro atoms. The lowest BCUT2D eigenvalue weighted by Crippen LogP contribution is -2.55. The van der Waals surface area contributed by atoms with Crippen LogP contribution in [0.25, 0.3) is 0 Å². The molecule has 2 N–H and O–H groups in total. The topological polar surface area (TPSA) is 45.4 Å². The van der Waals surface area contributed by atoms with Gasteiger partial charge in [-0.1, -0.05) is 0 Å². The molecule has 1 aliphatic heterocycles. The molecule has 2 rings (SSSR count). The van der Waals surface area contributed by atoms with Crippen LogP contribution in [-0.4, -0.2) is 49.2 Å². The second-order valence-corrected chi connectivity index (χ2v) is 4.05. The van der Waals surface area contributed by atoms with E-state index in [9.17, 15) is 0 Å². The van der Waals surface area contributed by atoms with Crippen LogP contribution in [0.1, 0.15) is 0 Å². The molecular weight excluding hydrogens is 188 g/mol. The third-order valence-electron chi connectivity index (χ3n) is 2.95. The Hall–Kier alpha value is -1.13. The highest BCUT2D eigenvalue weighted by Crippen LogP contribution is 2.18. The highest BCUT2D eigenvalue weighted by atomic mass is 15.3. The summed E-state index contributed by atoms with van der Waals surface area (Å²) < 4.78 is 0. The van der Waals surface area contributed by atoms with Crippen molar-refractivity contribution in [1.82, 2.24) is 9.88 Å². The summed E-state index contributed by atoms with van der Waals surface area (Å²) >= 11 is 0. The first-order valence-corrected chi connectivity index (χ1v) is 5.36. The van der Waals surface area contributed by atoms with Crippen molar-refractivity contribution < 1.29 is 0 Å². The summed E-state index contributed by atoms with van der Waals surface area (Å²) in [5, 5.41) is 0. The van der Waals surface area contributed by atoms with Crippen LogP contribution in [0.4, 0.5) is 5.69 Å². The Kier molecular flexibility index (Phi) is 3.18. The molecule has 0 aliphatic carbocycles. The van der Waals surface area contributed by atoms with Gasteiger partial charge in [-0.3, -0.25) is 4.98 Å². The number of aromatic nitrogens is 1. The second kappa shape index (κ2) is 4.59. The minimum absolute atomic E-state index is 0.422. The number of rotatable bonds is 2. The van der Waals surface area contributed by atoms with Gasteiger partial charge in [0, 0.05) is 44.3 Å². The zero-order chi connectivity index (χ0) is 10.7. The SMILES string of the molecule is CN1CCN(c2ccncc2)C(CN)C1. The smallest absolute Gasteiger partial charge is 0.0539 e. The van der Waals surface area contributed by atoms with E-state index >= 15 is 0 Å². The van der Waals surface area contributed by atoms with Crippen molar-refractivity contribution in [2.75, 3.05) is 38.1 Å². The highest BCUT2D eigenvalue weighted by molar-refractivity contribution is 5.46. The van der Waals surface area contributed by atoms with Crippen molar-refractivity contribution >= 4 is 5.69 Å². The molecule has 4 heteroatoms. The lowest BCUT2D eigenvalue weighted by atomic mass is 10.1. The van der Waals surface area contributed by atoms with Crippen LogP contribution in [0.5, 0.6) is 0 Å². The van der Waals surface area contributed by atoms with E-state index in [0.29, 0.717) is 12.6 Å². The second-order valence-electron chi connectivity index (χ2n) is 4.05. The van der Waals surface area contributed by atoms with Gasteiger partial charge in [-0.15, -0.1) is 0 Å². The fourth-order valence-corrected chi connectivity index (χ4v) is 2.09. The Labute approximate surface area is 90.7 Å². The molecule has 1 fully saturated rings. The van der Waals surface area contributed by atoms with E-state index in [2.05, 4.69) is 21.8 Å².